The van der Waals surface area contributed by atoms with E-state index in [0.717, 1.165) is 23.2 Å². The van der Waals surface area contributed by atoms with Crippen molar-refractivity contribution in [3.8, 4) is 0 Å². The number of primary amides is 1. The molecule has 1 aliphatic rings. The number of para-hydroxylation sites is 1. The molecule has 0 saturated carbocycles. The molecule has 23 heavy (non-hydrogen) atoms. The Bertz CT molecular complexity index is 715. The highest BCUT2D eigenvalue weighted by atomic mass is 16.2. The van der Waals surface area contributed by atoms with Gasteiger partial charge in [0.2, 0.25) is 5.91 Å². The lowest BCUT2D eigenvalue weighted by molar-refractivity contribution is -0.119. The van der Waals surface area contributed by atoms with Crippen LogP contribution in [0, 0.1) is 0 Å². The van der Waals surface area contributed by atoms with Crippen LogP contribution in [0.5, 0.6) is 0 Å². The van der Waals surface area contributed by atoms with Crippen LogP contribution in [0.3, 0.4) is 0 Å². The summed E-state index contributed by atoms with van der Waals surface area (Å²) in [6.45, 7) is 0.507. The Morgan fingerprint density at radius 3 is 2.52 bits per heavy atom. The van der Waals surface area contributed by atoms with Gasteiger partial charge in [0.1, 0.15) is 6.04 Å². The molecule has 1 heterocycles. The summed E-state index contributed by atoms with van der Waals surface area (Å²) < 4.78 is 0. The second kappa shape index (κ2) is 6.52. The maximum atomic E-state index is 12.5. The molecule has 2 aromatic rings. The molecular formula is C18H19N3O2. The number of amides is 3. The summed E-state index contributed by atoms with van der Waals surface area (Å²) >= 11 is 0. The maximum Gasteiger partial charge on any atom is 0.322 e. The van der Waals surface area contributed by atoms with E-state index in [-0.39, 0.29) is 6.03 Å². The molecule has 0 radical (unpaired) electrons. The number of nitrogens with one attached hydrogen (secondary N) is 1. The first-order valence-corrected chi connectivity index (χ1v) is 7.65. The van der Waals surface area contributed by atoms with Crippen molar-refractivity contribution in [1.29, 1.82) is 0 Å². The molecule has 5 nitrogen and oxygen atoms in total. The van der Waals surface area contributed by atoms with E-state index in [4.69, 9.17) is 5.73 Å². The predicted molar refractivity (Wildman–Crippen MR) is 89.2 cm³/mol. The van der Waals surface area contributed by atoms with Gasteiger partial charge >= 0.3 is 6.03 Å². The Kier molecular flexibility index (Phi) is 4.28. The largest absolute Gasteiger partial charge is 0.368 e. The first-order chi connectivity index (χ1) is 11.2. The zero-order valence-corrected chi connectivity index (χ0v) is 12.7. The molecule has 0 spiro atoms. The Balaban J connectivity index is 1.68. The molecular weight excluding hydrogens is 290 g/mol. The summed E-state index contributed by atoms with van der Waals surface area (Å²) in [6.07, 6.45) is 1.21. The van der Waals surface area contributed by atoms with Gasteiger partial charge in [-0.3, -0.25) is 9.69 Å². The topological polar surface area (TPSA) is 75.4 Å². The molecule has 1 aliphatic heterocycles. The van der Waals surface area contributed by atoms with Gasteiger partial charge in [-0.25, -0.2) is 4.79 Å². The Labute approximate surface area is 135 Å². The SMILES string of the molecule is NC(=O)C1Cc2ccccc2N1C(=O)NCCc1ccccc1. The van der Waals surface area contributed by atoms with Crippen LogP contribution in [0.1, 0.15) is 11.1 Å². The molecule has 0 saturated heterocycles. The second-order valence-electron chi connectivity index (χ2n) is 5.59. The number of carbonyl (C=O) groups excluding carboxylic acids is 2. The Morgan fingerprint density at radius 1 is 1.09 bits per heavy atom. The highest BCUT2D eigenvalue weighted by Gasteiger charge is 2.36. The predicted octanol–water partition coefficient (Wildman–Crippen LogP) is 1.86. The van der Waals surface area contributed by atoms with Crippen molar-refractivity contribution >= 4 is 17.6 Å². The van der Waals surface area contributed by atoms with Crippen molar-refractivity contribution in [3.05, 3.63) is 65.7 Å². The number of rotatable bonds is 4. The third-order valence-electron chi connectivity index (χ3n) is 4.06. The number of nitrogens with zero attached hydrogens (tertiary/aromatic N) is 1. The van der Waals surface area contributed by atoms with Crippen molar-refractivity contribution in [3.63, 3.8) is 0 Å². The minimum atomic E-state index is -0.621. The van der Waals surface area contributed by atoms with Crippen molar-refractivity contribution in [2.45, 2.75) is 18.9 Å². The summed E-state index contributed by atoms with van der Waals surface area (Å²) in [5.74, 6) is -0.487. The number of fused-ring (bicyclic) bond motifs is 1. The van der Waals surface area contributed by atoms with Crippen LogP contribution in [0.15, 0.2) is 54.6 Å². The van der Waals surface area contributed by atoms with Crippen LogP contribution >= 0.6 is 0 Å². The fourth-order valence-electron chi connectivity index (χ4n) is 2.91. The molecule has 5 heteroatoms. The Hall–Kier alpha value is -2.82. The van der Waals surface area contributed by atoms with Gasteiger partial charge in [0.05, 0.1) is 0 Å². The summed E-state index contributed by atoms with van der Waals surface area (Å²) in [7, 11) is 0. The lowest BCUT2D eigenvalue weighted by atomic mass is 10.1. The molecule has 0 fully saturated rings. The first kappa shape index (κ1) is 15.1. The van der Waals surface area contributed by atoms with Gasteiger partial charge in [0.15, 0.2) is 0 Å². The fourth-order valence-corrected chi connectivity index (χ4v) is 2.91. The summed E-state index contributed by atoms with van der Waals surface area (Å²) in [5.41, 5.74) is 8.34. The van der Waals surface area contributed by atoms with Gasteiger partial charge in [-0.05, 0) is 23.6 Å². The van der Waals surface area contributed by atoms with Gasteiger partial charge in [-0.1, -0.05) is 48.5 Å². The van der Waals surface area contributed by atoms with Crippen LogP contribution in [-0.4, -0.2) is 24.5 Å². The number of benzene rings is 2. The van der Waals surface area contributed by atoms with E-state index in [1.807, 2.05) is 54.6 Å². The van der Waals surface area contributed by atoms with E-state index in [1.165, 1.54) is 4.90 Å². The molecule has 0 aromatic heterocycles. The number of hydrogen-bond acceptors (Lipinski definition) is 2. The molecule has 2 aromatic carbocycles. The highest BCUT2D eigenvalue weighted by molar-refractivity contribution is 6.02. The average Bonchev–Trinajstić information content (AvgIpc) is 2.95. The molecule has 0 bridgehead atoms. The van der Waals surface area contributed by atoms with Crippen LogP contribution in [-0.2, 0) is 17.6 Å². The zero-order chi connectivity index (χ0) is 16.2. The van der Waals surface area contributed by atoms with E-state index in [2.05, 4.69) is 5.32 Å². The molecule has 3 amide bonds. The van der Waals surface area contributed by atoms with Gasteiger partial charge in [0, 0.05) is 18.7 Å². The standard InChI is InChI=1S/C18H19N3O2/c19-17(22)16-12-14-8-4-5-9-15(14)21(16)18(23)20-11-10-13-6-2-1-3-7-13/h1-9,16H,10-12H2,(H2,19,22)(H,20,23). The monoisotopic (exact) mass is 309 g/mol. The number of hydrogen-bond donors (Lipinski definition) is 2. The van der Waals surface area contributed by atoms with Crippen molar-refractivity contribution < 1.29 is 9.59 Å². The fraction of sp³-hybridized carbons (Fsp3) is 0.222. The van der Waals surface area contributed by atoms with Gasteiger partial charge in [0.25, 0.3) is 0 Å². The van der Waals surface area contributed by atoms with Crippen molar-refractivity contribution in [2.24, 2.45) is 5.73 Å². The van der Waals surface area contributed by atoms with Gasteiger partial charge in [-0.15, -0.1) is 0 Å². The normalized spacial score (nSPS) is 16.0. The lowest BCUT2D eigenvalue weighted by Crippen LogP contribution is -2.50. The molecule has 1 atom stereocenters. The minimum Gasteiger partial charge on any atom is -0.368 e. The average molecular weight is 309 g/mol. The zero-order valence-electron chi connectivity index (χ0n) is 12.7. The molecule has 1 unspecified atom stereocenters. The summed E-state index contributed by atoms with van der Waals surface area (Å²) in [5, 5.41) is 2.88. The number of urea groups is 1. The third kappa shape index (κ3) is 3.18. The van der Waals surface area contributed by atoms with Gasteiger partial charge in [-0.2, -0.15) is 0 Å². The van der Waals surface area contributed by atoms with Crippen LogP contribution in [0.25, 0.3) is 0 Å². The van der Waals surface area contributed by atoms with E-state index < -0.39 is 11.9 Å². The lowest BCUT2D eigenvalue weighted by Gasteiger charge is -2.23. The highest BCUT2D eigenvalue weighted by Crippen LogP contribution is 2.31. The van der Waals surface area contributed by atoms with Crippen LogP contribution < -0.4 is 16.0 Å². The third-order valence-corrected chi connectivity index (χ3v) is 4.06. The summed E-state index contributed by atoms with van der Waals surface area (Å²) in [6, 6.07) is 16.5. The minimum absolute atomic E-state index is 0.283. The molecule has 3 rings (SSSR count). The Morgan fingerprint density at radius 2 is 1.78 bits per heavy atom. The maximum absolute atomic E-state index is 12.5. The number of anilines is 1. The quantitative estimate of drug-likeness (QED) is 0.904. The van der Waals surface area contributed by atoms with Crippen LogP contribution in [0.4, 0.5) is 10.5 Å². The first-order valence-electron chi connectivity index (χ1n) is 7.65. The molecule has 0 aliphatic carbocycles. The van der Waals surface area contributed by atoms with E-state index in [0.29, 0.717) is 13.0 Å². The van der Waals surface area contributed by atoms with Gasteiger partial charge < -0.3 is 11.1 Å². The van der Waals surface area contributed by atoms with Crippen LogP contribution in [0.2, 0.25) is 0 Å². The van der Waals surface area contributed by atoms with E-state index in [9.17, 15) is 9.59 Å². The second-order valence-corrected chi connectivity index (χ2v) is 5.59. The molecule has 118 valence electrons. The van der Waals surface area contributed by atoms with E-state index >= 15 is 0 Å². The number of nitrogens with two attached hydrogens (primary N) is 1. The molecule has 3 N–H and O–H groups in total. The smallest absolute Gasteiger partial charge is 0.322 e. The number of carbonyl (C=O) groups is 2. The van der Waals surface area contributed by atoms with E-state index in [1.54, 1.807) is 0 Å². The van der Waals surface area contributed by atoms with Crippen molar-refractivity contribution in [2.75, 3.05) is 11.4 Å². The summed E-state index contributed by atoms with van der Waals surface area (Å²) in [4.78, 5) is 25.7. The van der Waals surface area contributed by atoms with Crippen molar-refractivity contribution in [1.82, 2.24) is 5.32 Å².